The molecule has 0 N–H and O–H groups in total. The maximum Gasteiger partial charge on any atom is 0.310 e. The zero-order chi connectivity index (χ0) is 21.7. The zero-order valence-corrected chi connectivity index (χ0v) is 17.8. The highest BCUT2D eigenvalue weighted by atomic mass is 19.1. The molecular formula is C24H28FNO4. The Labute approximate surface area is 176 Å². The molecule has 0 radical (unpaired) electrons. The van der Waals surface area contributed by atoms with Crippen molar-refractivity contribution in [3.05, 3.63) is 59.9 Å². The Hall–Kier alpha value is -2.89. The number of ether oxygens (including phenoxy) is 2. The van der Waals surface area contributed by atoms with E-state index in [1.165, 1.54) is 6.07 Å². The Kier molecular flexibility index (Phi) is 6.75. The van der Waals surface area contributed by atoms with Crippen LogP contribution in [0, 0.1) is 29.0 Å². The van der Waals surface area contributed by atoms with Crippen molar-refractivity contribution in [1.29, 1.82) is 0 Å². The third-order valence-electron chi connectivity index (χ3n) is 5.22. The lowest BCUT2D eigenvalue weighted by atomic mass is 10.1. The van der Waals surface area contributed by atoms with Crippen LogP contribution in [0.1, 0.15) is 33.3 Å². The molecule has 0 bridgehead atoms. The molecule has 30 heavy (non-hydrogen) atoms. The van der Waals surface area contributed by atoms with Gasteiger partial charge in [-0.2, -0.15) is 0 Å². The third kappa shape index (κ3) is 5.38. The summed E-state index contributed by atoms with van der Waals surface area (Å²) in [4.78, 5) is 17.8. The van der Waals surface area contributed by atoms with Crippen LogP contribution in [0.25, 0.3) is 0 Å². The number of nitrogens with zero attached hydrogens (tertiary/aromatic N) is 1. The summed E-state index contributed by atoms with van der Waals surface area (Å²) < 4.78 is 25.2. The fraction of sp³-hybridized carbons (Fsp3) is 0.417. The molecule has 1 aliphatic carbocycles. The molecule has 0 heterocycles. The summed E-state index contributed by atoms with van der Waals surface area (Å²) >= 11 is 0. The van der Waals surface area contributed by atoms with Gasteiger partial charge in [-0.3, -0.25) is 4.79 Å². The molecule has 1 saturated carbocycles. The molecule has 0 aliphatic heterocycles. The molecule has 2 atom stereocenters. The van der Waals surface area contributed by atoms with Gasteiger partial charge in [-0.25, -0.2) is 4.39 Å². The van der Waals surface area contributed by atoms with Crippen molar-refractivity contribution in [2.75, 3.05) is 6.61 Å². The van der Waals surface area contributed by atoms with E-state index in [2.05, 4.69) is 5.16 Å². The molecule has 2 unspecified atom stereocenters. The molecule has 3 rings (SSSR count). The van der Waals surface area contributed by atoms with Gasteiger partial charge in [0, 0.05) is 12.1 Å². The van der Waals surface area contributed by atoms with Crippen LogP contribution in [0.15, 0.2) is 53.7 Å². The minimum atomic E-state index is -0.477. The van der Waals surface area contributed by atoms with Crippen molar-refractivity contribution in [2.24, 2.45) is 28.3 Å². The van der Waals surface area contributed by atoms with Gasteiger partial charge < -0.3 is 14.3 Å². The highest BCUT2D eigenvalue weighted by molar-refractivity contribution is 5.85. The van der Waals surface area contributed by atoms with Gasteiger partial charge >= 0.3 is 5.97 Å². The molecule has 2 aromatic rings. The summed E-state index contributed by atoms with van der Waals surface area (Å²) in [6.07, 6.45) is 1.69. The highest BCUT2D eigenvalue weighted by Crippen LogP contribution is 2.57. The Morgan fingerprint density at radius 3 is 2.63 bits per heavy atom. The molecule has 1 aliphatic rings. The first kappa shape index (κ1) is 21.8. The third-order valence-corrected chi connectivity index (χ3v) is 5.22. The number of hydrogen-bond acceptors (Lipinski definition) is 5. The fourth-order valence-electron chi connectivity index (χ4n) is 3.28. The van der Waals surface area contributed by atoms with Crippen LogP contribution in [0.4, 0.5) is 4.39 Å². The van der Waals surface area contributed by atoms with E-state index in [9.17, 15) is 9.18 Å². The zero-order valence-electron chi connectivity index (χ0n) is 17.8. The summed E-state index contributed by atoms with van der Waals surface area (Å²) in [6, 6.07) is 13.4. The maximum atomic E-state index is 14.1. The van der Waals surface area contributed by atoms with E-state index in [0.717, 1.165) is 0 Å². The van der Waals surface area contributed by atoms with Gasteiger partial charge in [0.1, 0.15) is 19.0 Å². The summed E-state index contributed by atoms with van der Waals surface area (Å²) in [7, 11) is 0. The molecule has 1 fully saturated rings. The molecule has 5 nitrogen and oxygen atoms in total. The predicted octanol–water partition coefficient (Wildman–Crippen LogP) is 5.59. The number of carbonyl (C=O) groups excluding carboxylic acids is 1. The summed E-state index contributed by atoms with van der Waals surface area (Å²) in [5.41, 5.74) is 0.422. The molecule has 0 spiro atoms. The summed E-state index contributed by atoms with van der Waals surface area (Å²) in [5, 5.41) is 3.99. The number of para-hydroxylation sites is 1. The molecule has 6 heteroatoms. The number of hydrogen-bond donors (Lipinski definition) is 0. The smallest absolute Gasteiger partial charge is 0.310 e. The molecule has 0 amide bonds. The standard InChI is InChI=1S/C24H28FNO4/c1-16(2)14-29-26-13-19-22(24(19,3)4)23(27)28-15-17-10-11-20(25)21(12-17)30-18-8-6-5-7-9-18/h5-13,16,19,22H,14-15H2,1-4H3. The second-order valence-electron chi connectivity index (χ2n) is 8.56. The van der Waals surface area contributed by atoms with Crippen molar-refractivity contribution in [2.45, 2.75) is 34.3 Å². The molecule has 0 saturated heterocycles. The first-order valence-corrected chi connectivity index (χ1v) is 10.1. The van der Waals surface area contributed by atoms with Crippen LogP contribution in [0.3, 0.4) is 0 Å². The predicted molar refractivity (Wildman–Crippen MR) is 113 cm³/mol. The normalized spacial score (nSPS) is 19.7. The van der Waals surface area contributed by atoms with Crippen molar-refractivity contribution >= 4 is 12.2 Å². The average molecular weight is 413 g/mol. The monoisotopic (exact) mass is 413 g/mol. The van der Waals surface area contributed by atoms with Gasteiger partial charge in [-0.1, -0.05) is 57.1 Å². The number of benzene rings is 2. The minimum absolute atomic E-state index is 0.0256. The Bertz CT molecular complexity index is 895. The van der Waals surface area contributed by atoms with Gasteiger partial charge in [0.05, 0.1) is 5.92 Å². The summed E-state index contributed by atoms with van der Waals surface area (Å²) in [5.74, 6) is -0.0562. The van der Waals surface area contributed by atoms with Gasteiger partial charge in [-0.15, -0.1) is 0 Å². The molecule has 0 aromatic heterocycles. The van der Waals surface area contributed by atoms with E-state index < -0.39 is 5.82 Å². The Morgan fingerprint density at radius 2 is 1.93 bits per heavy atom. The van der Waals surface area contributed by atoms with Crippen LogP contribution in [0.2, 0.25) is 0 Å². The largest absolute Gasteiger partial charge is 0.461 e. The Balaban J connectivity index is 1.56. The number of esters is 1. The van der Waals surface area contributed by atoms with E-state index in [0.29, 0.717) is 23.8 Å². The number of halogens is 1. The minimum Gasteiger partial charge on any atom is -0.461 e. The van der Waals surface area contributed by atoms with Crippen LogP contribution in [0.5, 0.6) is 11.5 Å². The number of carbonyl (C=O) groups is 1. The van der Waals surface area contributed by atoms with Crippen LogP contribution < -0.4 is 4.74 Å². The molecule has 160 valence electrons. The van der Waals surface area contributed by atoms with Crippen molar-refractivity contribution in [3.8, 4) is 11.5 Å². The fourth-order valence-corrected chi connectivity index (χ4v) is 3.28. The molecular weight excluding hydrogens is 385 g/mol. The van der Waals surface area contributed by atoms with Crippen LogP contribution in [-0.4, -0.2) is 18.8 Å². The second-order valence-corrected chi connectivity index (χ2v) is 8.56. The first-order chi connectivity index (χ1) is 14.3. The summed E-state index contributed by atoms with van der Waals surface area (Å²) in [6.45, 7) is 8.68. The van der Waals surface area contributed by atoms with E-state index in [4.69, 9.17) is 14.3 Å². The van der Waals surface area contributed by atoms with E-state index in [1.54, 1.807) is 30.5 Å². The van der Waals surface area contributed by atoms with E-state index >= 15 is 0 Å². The SMILES string of the molecule is CC(C)CON=CC1C(C(=O)OCc2ccc(F)c(Oc3ccccc3)c2)C1(C)C. The van der Waals surface area contributed by atoms with Gasteiger partial charge in [0.15, 0.2) is 11.6 Å². The number of rotatable bonds is 9. The maximum absolute atomic E-state index is 14.1. The van der Waals surface area contributed by atoms with Crippen molar-refractivity contribution in [1.82, 2.24) is 0 Å². The lowest BCUT2D eigenvalue weighted by Gasteiger charge is -2.10. The van der Waals surface area contributed by atoms with Crippen molar-refractivity contribution in [3.63, 3.8) is 0 Å². The van der Waals surface area contributed by atoms with Crippen molar-refractivity contribution < 1.29 is 23.5 Å². The van der Waals surface area contributed by atoms with E-state index in [1.807, 2.05) is 45.9 Å². The number of oxime groups is 1. The molecule has 2 aromatic carbocycles. The van der Waals surface area contributed by atoms with E-state index in [-0.39, 0.29) is 35.6 Å². The lowest BCUT2D eigenvalue weighted by molar-refractivity contribution is -0.147. The lowest BCUT2D eigenvalue weighted by Crippen LogP contribution is -2.11. The quantitative estimate of drug-likeness (QED) is 0.305. The average Bonchev–Trinajstić information content (AvgIpc) is 3.26. The topological polar surface area (TPSA) is 57.1 Å². The van der Waals surface area contributed by atoms with Gasteiger partial charge in [-0.05, 0) is 41.2 Å². The Morgan fingerprint density at radius 1 is 1.20 bits per heavy atom. The first-order valence-electron chi connectivity index (χ1n) is 10.1. The van der Waals surface area contributed by atoms with Gasteiger partial charge in [0.2, 0.25) is 0 Å². The van der Waals surface area contributed by atoms with Gasteiger partial charge in [0.25, 0.3) is 0 Å². The second kappa shape index (κ2) is 9.28. The van der Waals surface area contributed by atoms with Crippen LogP contribution >= 0.6 is 0 Å². The highest BCUT2D eigenvalue weighted by Gasteiger charge is 2.62. The van der Waals surface area contributed by atoms with Crippen LogP contribution in [-0.2, 0) is 21.0 Å².